The van der Waals surface area contributed by atoms with Crippen LogP contribution in [0.2, 0.25) is 0 Å². The van der Waals surface area contributed by atoms with Gasteiger partial charge in [-0.15, -0.1) is 12.4 Å². The maximum Gasteiger partial charge on any atom is 0.416 e. The van der Waals surface area contributed by atoms with Crippen LogP contribution in [0, 0.1) is 0 Å². The molecule has 1 unspecified atom stereocenters. The molecular weight excluding hydrogens is 334 g/mol. The van der Waals surface area contributed by atoms with E-state index in [1.54, 1.807) is 4.90 Å². The summed E-state index contributed by atoms with van der Waals surface area (Å²) in [6.45, 7) is 1.07. The van der Waals surface area contributed by atoms with Crippen LogP contribution in [0.15, 0.2) is 18.2 Å². The third kappa shape index (κ3) is 4.76. The molecular formula is C13H15ClF6N2. The minimum Gasteiger partial charge on any atom is -0.326 e. The summed E-state index contributed by atoms with van der Waals surface area (Å²) in [7, 11) is 0. The van der Waals surface area contributed by atoms with Crippen LogP contribution in [-0.4, -0.2) is 24.0 Å². The van der Waals surface area contributed by atoms with Crippen molar-refractivity contribution < 1.29 is 26.3 Å². The van der Waals surface area contributed by atoms with Gasteiger partial charge in [0.2, 0.25) is 0 Å². The Morgan fingerprint density at radius 1 is 1.00 bits per heavy atom. The highest BCUT2D eigenvalue weighted by Gasteiger charge is 2.37. The van der Waals surface area contributed by atoms with Gasteiger partial charge in [0.05, 0.1) is 11.1 Å². The first-order valence-electron chi connectivity index (χ1n) is 6.32. The Bertz CT molecular complexity index is 482. The van der Waals surface area contributed by atoms with E-state index in [2.05, 4.69) is 0 Å². The van der Waals surface area contributed by atoms with Crippen LogP contribution < -0.4 is 5.73 Å². The van der Waals surface area contributed by atoms with Crippen molar-refractivity contribution in [3.05, 3.63) is 34.9 Å². The molecule has 0 spiro atoms. The average Bonchev–Trinajstić information content (AvgIpc) is 2.72. The number of nitrogens with zero attached hydrogens (tertiary/aromatic N) is 1. The van der Waals surface area contributed by atoms with E-state index < -0.39 is 23.5 Å². The van der Waals surface area contributed by atoms with Gasteiger partial charge in [-0.25, -0.2) is 0 Å². The molecule has 0 amide bonds. The lowest BCUT2D eigenvalue weighted by atomic mass is 10.0. The number of halogens is 7. The van der Waals surface area contributed by atoms with Gasteiger partial charge < -0.3 is 5.73 Å². The number of hydrogen-bond acceptors (Lipinski definition) is 2. The first-order valence-corrected chi connectivity index (χ1v) is 6.32. The molecule has 1 aromatic carbocycles. The zero-order chi connectivity index (χ0) is 15.8. The molecule has 22 heavy (non-hydrogen) atoms. The van der Waals surface area contributed by atoms with Gasteiger partial charge in [-0.05, 0) is 30.2 Å². The standard InChI is InChI=1S/C13H14F6N2.ClH/c14-12(15,16)9-3-8(4-10(5-9)13(17,18)19)6-21-2-1-11(20)7-21;/h3-5,11H,1-2,6-7,20H2;1H. The lowest BCUT2D eigenvalue weighted by molar-refractivity contribution is -0.143. The fourth-order valence-corrected chi connectivity index (χ4v) is 2.38. The quantitative estimate of drug-likeness (QED) is 0.826. The second-order valence-electron chi connectivity index (χ2n) is 5.20. The van der Waals surface area contributed by atoms with Gasteiger partial charge in [0.1, 0.15) is 0 Å². The summed E-state index contributed by atoms with van der Waals surface area (Å²) >= 11 is 0. The van der Waals surface area contributed by atoms with Crippen molar-refractivity contribution in [1.82, 2.24) is 4.90 Å². The molecule has 1 fully saturated rings. The van der Waals surface area contributed by atoms with E-state index in [9.17, 15) is 26.3 Å². The van der Waals surface area contributed by atoms with Gasteiger partial charge >= 0.3 is 12.4 Å². The van der Waals surface area contributed by atoms with E-state index in [1.165, 1.54) is 0 Å². The van der Waals surface area contributed by atoms with Crippen molar-refractivity contribution >= 4 is 12.4 Å². The second kappa shape index (κ2) is 6.64. The molecule has 2 N–H and O–H groups in total. The molecule has 1 aliphatic heterocycles. The summed E-state index contributed by atoms with van der Waals surface area (Å²) in [4.78, 5) is 1.75. The molecule has 0 saturated carbocycles. The van der Waals surface area contributed by atoms with Crippen LogP contribution in [-0.2, 0) is 18.9 Å². The predicted octanol–water partition coefficient (Wildman–Crippen LogP) is 3.68. The topological polar surface area (TPSA) is 29.3 Å². The second-order valence-corrected chi connectivity index (χ2v) is 5.20. The van der Waals surface area contributed by atoms with E-state index in [1.807, 2.05) is 0 Å². The minimum atomic E-state index is -4.81. The lowest BCUT2D eigenvalue weighted by Crippen LogP contribution is -2.26. The Morgan fingerprint density at radius 2 is 1.50 bits per heavy atom. The van der Waals surface area contributed by atoms with Crippen molar-refractivity contribution in [2.75, 3.05) is 13.1 Å². The number of hydrogen-bond donors (Lipinski definition) is 1. The molecule has 126 valence electrons. The number of likely N-dealkylation sites (tertiary alicyclic amines) is 1. The van der Waals surface area contributed by atoms with Crippen LogP contribution >= 0.6 is 12.4 Å². The van der Waals surface area contributed by atoms with E-state index in [4.69, 9.17) is 5.73 Å². The van der Waals surface area contributed by atoms with Gasteiger partial charge in [-0.3, -0.25) is 4.90 Å². The number of rotatable bonds is 2. The zero-order valence-electron chi connectivity index (χ0n) is 11.3. The summed E-state index contributed by atoms with van der Waals surface area (Å²) in [6, 6.07) is 1.58. The third-order valence-corrected chi connectivity index (χ3v) is 3.36. The first kappa shape index (κ1) is 19.1. The van der Waals surface area contributed by atoms with Crippen molar-refractivity contribution in [1.29, 1.82) is 0 Å². The van der Waals surface area contributed by atoms with Crippen LogP contribution in [0.5, 0.6) is 0 Å². The van der Waals surface area contributed by atoms with Crippen LogP contribution in [0.25, 0.3) is 0 Å². The number of alkyl halides is 6. The molecule has 2 rings (SSSR count). The van der Waals surface area contributed by atoms with Crippen molar-refractivity contribution in [2.45, 2.75) is 31.4 Å². The molecule has 0 radical (unpaired) electrons. The Morgan fingerprint density at radius 3 is 1.86 bits per heavy atom. The number of nitrogens with two attached hydrogens (primary N) is 1. The molecule has 1 aromatic rings. The normalized spacial score (nSPS) is 20.0. The molecule has 1 aliphatic rings. The van der Waals surface area contributed by atoms with Gasteiger partial charge in [-0.1, -0.05) is 0 Å². The van der Waals surface area contributed by atoms with Crippen LogP contribution in [0.1, 0.15) is 23.1 Å². The summed E-state index contributed by atoms with van der Waals surface area (Å²) < 4.78 is 76.3. The Hall–Kier alpha value is -0.990. The minimum absolute atomic E-state index is 0. The average molecular weight is 349 g/mol. The summed E-state index contributed by atoms with van der Waals surface area (Å²) in [5, 5.41) is 0. The zero-order valence-corrected chi connectivity index (χ0v) is 12.2. The Kier molecular flexibility index (Phi) is 5.75. The van der Waals surface area contributed by atoms with Crippen molar-refractivity contribution in [2.24, 2.45) is 5.73 Å². The Labute approximate surface area is 129 Å². The van der Waals surface area contributed by atoms with Crippen LogP contribution in [0.3, 0.4) is 0 Å². The van der Waals surface area contributed by atoms with Gasteiger partial charge in [0.25, 0.3) is 0 Å². The van der Waals surface area contributed by atoms with Gasteiger partial charge in [-0.2, -0.15) is 26.3 Å². The maximum atomic E-state index is 12.7. The molecule has 0 aromatic heterocycles. The molecule has 1 atom stereocenters. The largest absolute Gasteiger partial charge is 0.416 e. The highest BCUT2D eigenvalue weighted by Crippen LogP contribution is 2.36. The first-order chi connectivity index (χ1) is 9.55. The monoisotopic (exact) mass is 348 g/mol. The molecule has 2 nitrogen and oxygen atoms in total. The van der Waals surface area contributed by atoms with E-state index in [0.29, 0.717) is 19.5 Å². The fraction of sp³-hybridized carbons (Fsp3) is 0.538. The van der Waals surface area contributed by atoms with Gasteiger partial charge in [0, 0.05) is 25.7 Å². The highest BCUT2D eigenvalue weighted by atomic mass is 35.5. The van der Waals surface area contributed by atoms with Gasteiger partial charge in [0.15, 0.2) is 0 Å². The molecule has 0 bridgehead atoms. The fourth-order valence-electron chi connectivity index (χ4n) is 2.38. The van der Waals surface area contributed by atoms with Crippen molar-refractivity contribution in [3.8, 4) is 0 Å². The molecule has 0 aliphatic carbocycles. The highest BCUT2D eigenvalue weighted by molar-refractivity contribution is 5.85. The maximum absolute atomic E-state index is 12.7. The van der Waals surface area contributed by atoms with E-state index in [0.717, 1.165) is 12.1 Å². The van der Waals surface area contributed by atoms with E-state index in [-0.39, 0.29) is 36.6 Å². The summed E-state index contributed by atoms with van der Waals surface area (Å²) in [5.41, 5.74) is 3.10. The van der Waals surface area contributed by atoms with Crippen LogP contribution in [0.4, 0.5) is 26.3 Å². The SMILES string of the molecule is Cl.NC1CCN(Cc2cc(C(F)(F)F)cc(C(F)(F)F)c2)C1. The smallest absolute Gasteiger partial charge is 0.326 e. The third-order valence-electron chi connectivity index (χ3n) is 3.36. The lowest BCUT2D eigenvalue weighted by Gasteiger charge is -2.18. The number of benzene rings is 1. The molecule has 1 saturated heterocycles. The van der Waals surface area contributed by atoms with E-state index >= 15 is 0 Å². The molecule has 9 heteroatoms. The molecule has 1 heterocycles. The summed E-state index contributed by atoms with van der Waals surface area (Å²) in [5.74, 6) is 0. The predicted molar refractivity (Wildman–Crippen MR) is 71.6 cm³/mol. The van der Waals surface area contributed by atoms with Crippen molar-refractivity contribution in [3.63, 3.8) is 0 Å². The Balaban J connectivity index is 0.00000242. The summed E-state index contributed by atoms with van der Waals surface area (Å²) in [6.07, 6.45) is -8.93.